The molecule has 0 aliphatic heterocycles. The molecule has 8 nitrogen and oxygen atoms in total. The van der Waals surface area contributed by atoms with Gasteiger partial charge in [-0.3, -0.25) is 13.9 Å². The van der Waals surface area contributed by atoms with E-state index in [1.807, 2.05) is 45.0 Å². The highest BCUT2D eigenvalue weighted by Crippen LogP contribution is 2.23. The fourth-order valence-electron chi connectivity index (χ4n) is 3.31. The second-order valence-electron chi connectivity index (χ2n) is 8.66. The van der Waals surface area contributed by atoms with Gasteiger partial charge in [-0.15, -0.1) is 0 Å². The van der Waals surface area contributed by atoms with Gasteiger partial charge in [0.05, 0.1) is 18.6 Å². The topological polar surface area (TPSA) is 96.0 Å². The summed E-state index contributed by atoms with van der Waals surface area (Å²) in [7, 11) is -3.78. The molecule has 1 atom stereocenters. The zero-order valence-electron chi connectivity index (χ0n) is 20.8. The maximum absolute atomic E-state index is 13.5. The molecule has 0 aliphatic rings. The lowest BCUT2D eigenvalue weighted by Gasteiger charge is -2.31. The highest BCUT2D eigenvalue weighted by Gasteiger charge is 2.30. The number of benzene rings is 2. The third-order valence-electron chi connectivity index (χ3n) is 5.23. The summed E-state index contributed by atoms with van der Waals surface area (Å²) in [5, 5.41) is 2.86. The summed E-state index contributed by atoms with van der Waals surface area (Å²) in [6, 6.07) is 13.1. The molecule has 0 aliphatic carbocycles. The average molecular weight is 569 g/mol. The third-order valence-corrected chi connectivity index (χ3v) is 6.90. The molecule has 0 bridgehead atoms. The van der Waals surface area contributed by atoms with Gasteiger partial charge in [0.25, 0.3) is 0 Å². The van der Waals surface area contributed by atoms with Crippen molar-refractivity contribution in [2.45, 2.75) is 40.3 Å². The van der Waals surface area contributed by atoms with Crippen LogP contribution in [0.1, 0.15) is 33.3 Å². The molecule has 2 amide bonds. The van der Waals surface area contributed by atoms with E-state index in [0.717, 1.165) is 20.6 Å². The summed E-state index contributed by atoms with van der Waals surface area (Å²) in [4.78, 5) is 27.7. The summed E-state index contributed by atoms with van der Waals surface area (Å²) < 4.78 is 32.6. The molecule has 0 heterocycles. The lowest BCUT2D eigenvalue weighted by molar-refractivity contribution is -0.139. The minimum Gasteiger partial charge on any atom is -0.494 e. The molecule has 0 saturated carbocycles. The molecule has 0 saturated heterocycles. The minimum atomic E-state index is -3.78. The zero-order valence-corrected chi connectivity index (χ0v) is 23.2. The first-order valence-corrected chi connectivity index (χ1v) is 14.1. The van der Waals surface area contributed by atoms with E-state index >= 15 is 0 Å². The van der Waals surface area contributed by atoms with Gasteiger partial charge in [0.15, 0.2) is 0 Å². The first-order chi connectivity index (χ1) is 16.4. The van der Waals surface area contributed by atoms with Crippen LogP contribution in [0.25, 0.3) is 0 Å². The molecule has 0 unspecified atom stereocenters. The van der Waals surface area contributed by atoms with Gasteiger partial charge in [-0.2, -0.15) is 0 Å². The average Bonchev–Trinajstić information content (AvgIpc) is 2.80. The van der Waals surface area contributed by atoms with Gasteiger partial charge in [-0.05, 0) is 61.7 Å². The SMILES string of the molecule is CCOc1ccc(N(CC(=O)N(Cc2ccc(Br)cc2)[C@@H](C)C(=O)NCC(C)C)S(C)(=O)=O)cc1. The quantitative estimate of drug-likeness (QED) is 0.420. The van der Waals surface area contributed by atoms with E-state index in [0.29, 0.717) is 24.6 Å². The van der Waals surface area contributed by atoms with Crippen LogP contribution in [0.5, 0.6) is 5.75 Å². The van der Waals surface area contributed by atoms with Crippen LogP contribution in [-0.2, 0) is 26.2 Å². The van der Waals surface area contributed by atoms with Crippen LogP contribution in [-0.4, -0.2) is 57.1 Å². The zero-order chi connectivity index (χ0) is 26.2. The second-order valence-corrected chi connectivity index (χ2v) is 11.5. The standard InChI is InChI=1S/C25H34BrN3O5S/c1-6-34-23-13-11-22(12-14-23)29(35(5,32)33)17-24(30)28(16-20-7-9-21(26)10-8-20)19(4)25(31)27-15-18(2)3/h7-14,18-19H,6,15-17H2,1-5H3,(H,27,31)/t19-/m0/s1. The third kappa shape index (κ3) is 8.85. The van der Waals surface area contributed by atoms with Crippen LogP contribution in [0, 0.1) is 5.92 Å². The predicted molar refractivity (Wildman–Crippen MR) is 142 cm³/mol. The molecule has 0 radical (unpaired) electrons. The highest BCUT2D eigenvalue weighted by molar-refractivity contribution is 9.10. The van der Waals surface area contributed by atoms with Crippen LogP contribution in [0.4, 0.5) is 5.69 Å². The Bertz CT molecular complexity index is 1090. The fourth-order valence-corrected chi connectivity index (χ4v) is 4.42. The second kappa shape index (κ2) is 12.9. The molecule has 1 N–H and O–H groups in total. The van der Waals surface area contributed by atoms with Gasteiger partial charge in [-0.1, -0.05) is 41.9 Å². The largest absolute Gasteiger partial charge is 0.494 e. The fraction of sp³-hybridized carbons (Fsp3) is 0.440. The van der Waals surface area contributed by atoms with E-state index in [1.165, 1.54) is 4.90 Å². The van der Waals surface area contributed by atoms with Crippen molar-refractivity contribution in [3.63, 3.8) is 0 Å². The lowest BCUT2D eigenvalue weighted by Crippen LogP contribution is -2.51. The van der Waals surface area contributed by atoms with Crippen LogP contribution in [0.3, 0.4) is 0 Å². The molecule has 10 heteroatoms. The van der Waals surface area contributed by atoms with Crippen LogP contribution in [0.15, 0.2) is 53.0 Å². The minimum absolute atomic E-state index is 0.156. The Kier molecular flexibility index (Phi) is 10.6. The highest BCUT2D eigenvalue weighted by atomic mass is 79.9. The number of hydrogen-bond donors (Lipinski definition) is 1. The van der Waals surface area contributed by atoms with E-state index in [-0.39, 0.29) is 18.4 Å². The summed E-state index contributed by atoms with van der Waals surface area (Å²) in [5.41, 5.74) is 1.15. The van der Waals surface area contributed by atoms with Gasteiger partial charge in [-0.25, -0.2) is 8.42 Å². The van der Waals surface area contributed by atoms with Gasteiger partial charge < -0.3 is 15.0 Å². The molecule has 2 aromatic rings. The summed E-state index contributed by atoms with van der Waals surface area (Å²) in [5.74, 6) is 0.0704. The first-order valence-electron chi connectivity index (χ1n) is 11.4. The smallest absolute Gasteiger partial charge is 0.244 e. The van der Waals surface area contributed by atoms with Crippen molar-refractivity contribution in [2.24, 2.45) is 5.92 Å². The Balaban J connectivity index is 2.33. The van der Waals surface area contributed by atoms with Crippen molar-refractivity contribution in [3.05, 3.63) is 58.6 Å². The lowest BCUT2D eigenvalue weighted by atomic mass is 10.1. The number of carbonyl (C=O) groups excluding carboxylic acids is 2. The first kappa shape index (κ1) is 28.6. The van der Waals surface area contributed by atoms with Gasteiger partial charge in [0, 0.05) is 17.6 Å². The Labute approximate surface area is 216 Å². The number of anilines is 1. The Morgan fingerprint density at radius 3 is 2.14 bits per heavy atom. The number of hydrogen-bond acceptors (Lipinski definition) is 5. The van der Waals surface area contributed by atoms with Gasteiger partial charge >= 0.3 is 0 Å². The molecule has 192 valence electrons. The van der Waals surface area contributed by atoms with Crippen LogP contribution < -0.4 is 14.4 Å². The Morgan fingerprint density at radius 2 is 1.63 bits per heavy atom. The Morgan fingerprint density at radius 1 is 1.03 bits per heavy atom. The number of rotatable bonds is 12. The molecule has 0 fully saturated rings. The number of carbonyl (C=O) groups is 2. The molecular weight excluding hydrogens is 534 g/mol. The van der Waals surface area contributed by atoms with E-state index < -0.39 is 28.5 Å². The molecule has 35 heavy (non-hydrogen) atoms. The normalized spacial score (nSPS) is 12.2. The van der Waals surface area contributed by atoms with E-state index in [1.54, 1.807) is 31.2 Å². The predicted octanol–water partition coefficient (Wildman–Crippen LogP) is 3.80. The van der Waals surface area contributed by atoms with Crippen molar-refractivity contribution >= 4 is 43.5 Å². The van der Waals surface area contributed by atoms with Crippen molar-refractivity contribution in [1.29, 1.82) is 0 Å². The van der Waals surface area contributed by atoms with Crippen molar-refractivity contribution < 1.29 is 22.7 Å². The number of nitrogens with zero attached hydrogens (tertiary/aromatic N) is 2. The van der Waals surface area contributed by atoms with E-state index in [9.17, 15) is 18.0 Å². The summed E-state index contributed by atoms with van der Waals surface area (Å²) >= 11 is 3.40. The van der Waals surface area contributed by atoms with Crippen molar-refractivity contribution in [3.8, 4) is 5.75 Å². The number of halogens is 1. The molecular formula is C25H34BrN3O5S. The number of ether oxygens (including phenoxy) is 1. The Hall–Kier alpha value is -2.59. The molecule has 2 rings (SSSR count). The molecule has 0 spiro atoms. The number of sulfonamides is 1. The van der Waals surface area contributed by atoms with Gasteiger partial charge in [0.2, 0.25) is 21.8 Å². The van der Waals surface area contributed by atoms with Crippen LogP contribution in [0.2, 0.25) is 0 Å². The van der Waals surface area contributed by atoms with E-state index in [4.69, 9.17) is 4.74 Å². The van der Waals surface area contributed by atoms with Crippen molar-refractivity contribution in [2.75, 3.05) is 30.3 Å². The number of nitrogens with one attached hydrogen (secondary N) is 1. The maximum atomic E-state index is 13.5. The monoisotopic (exact) mass is 567 g/mol. The van der Waals surface area contributed by atoms with Crippen molar-refractivity contribution in [1.82, 2.24) is 10.2 Å². The van der Waals surface area contributed by atoms with Gasteiger partial charge in [0.1, 0.15) is 18.3 Å². The summed E-state index contributed by atoms with van der Waals surface area (Å²) in [6.45, 7) is 8.14. The molecule has 2 aromatic carbocycles. The summed E-state index contributed by atoms with van der Waals surface area (Å²) in [6.07, 6.45) is 1.05. The molecule has 0 aromatic heterocycles. The van der Waals surface area contributed by atoms with Crippen LogP contribution >= 0.6 is 15.9 Å². The van der Waals surface area contributed by atoms with E-state index in [2.05, 4.69) is 21.2 Å². The number of amides is 2. The maximum Gasteiger partial charge on any atom is 0.244 e.